The maximum Gasteiger partial charge on any atom is 0.337 e. The van der Waals surface area contributed by atoms with E-state index in [1.807, 2.05) is 24.5 Å². The molecule has 16 heavy (non-hydrogen) atoms. The van der Waals surface area contributed by atoms with Crippen LogP contribution in [-0.4, -0.2) is 22.8 Å². The van der Waals surface area contributed by atoms with E-state index in [2.05, 4.69) is 4.74 Å². The molecule has 0 bridgehead atoms. The van der Waals surface area contributed by atoms with E-state index in [-0.39, 0.29) is 5.75 Å². The third-order valence-corrected chi connectivity index (χ3v) is 2.28. The van der Waals surface area contributed by atoms with Crippen LogP contribution in [0.5, 0.6) is 5.75 Å². The number of hydrogen-bond acceptors (Lipinski definition) is 3. The summed E-state index contributed by atoms with van der Waals surface area (Å²) < 4.78 is 6.33. The van der Waals surface area contributed by atoms with Crippen LogP contribution in [0.25, 0.3) is 5.69 Å². The fourth-order valence-corrected chi connectivity index (χ4v) is 1.48. The van der Waals surface area contributed by atoms with Crippen LogP contribution in [0.4, 0.5) is 0 Å². The van der Waals surface area contributed by atoms with Crippen LogP contribution in [0.1, 0.15) is 10.4 Å². The standard InChI is InChI=1S/C12H11NO3/c1-16-12(15)9-4-5-10(11(14)8-9)13-6-2-3-7-13/h2-8,14H,1H3. The Balaban J connectivity index is 2.41. The fourth-order valence-electron chi connectivity index (χ4n) is 1.48. The third-order valence-electron chi connectivity index (χ3n) is 2.28. The zero-order valence-electron chi connectivity index (χ0n) is 8.75. The summed E-state index contributed by atoms with van der Waals surface area (Å²) in [6, 6.07) is 8.38. The Morgan fingerprint density at radius 2 is 2.00 bits per heavy atom. The summed E-state index contributed by atoms with van der Waals surface area (Å²) in [5.41, 5.74) is 0.952. The first-order chi connectivity index (χ1) is 7.72. The largest absolute Gasteiger partial charge is 0.506 e. The van der Waals surface area contributed by atoms with Gasteiger partial charge in [0.2, 0.25) is 0 Å². The van der Waals surface area contributed by atoms with Crippen LogP contribution in [0.3, 0.4) is 0 Å². The van der Waals surface area contributed by atoms with Crippen LogP contribution in [0.2, 0.25) is 0 Å². The average Bonchev–Trinajstić information content (AvgIpc) is 2.81. The third kappa shape index (κ3) is 1.77. The smallest absolute Gasteiger partial charge is 0.337 e. The lowest BCUT2D eigenvalue weighted by Gasteiger charge is -2.07. The van der Waals surface area contributed by atoms with E-state index in [4.69, 9.17) is 0 Å². The summed E-state index contributed by atoms with van der Waals surface area (Å²) in [4.78, 5) is 11.2. The highest BCUT2D eigenvalue weighted by molar-refractivity contribution is 5.90. The van der Waals surface area contributed by atoms with Gasteiger partial charge in [-0.25, -0.2) is 4.79 Å². The number of methoxy groups -OCH3 is 1. The Hall–Kier alpha value is -2.23. The van der Waals surface area contributed by atoms with Crippen LogP contribution >= 0.6 is 0 Å². The van der Waals surface area contributed by atoms with Crippen LogP contribution in [-0.2, 0) is 4.74 Å². The SMILES string of the molecule is COC(=O)c1ccc(-n2cccc2)c(O)c1. The first-order valence-electron chi connectivity index (χ1n) is 4.77. The summed E-state index contributed by atoms with van der Waals surface area (Å²) in [5, 5.41) is 9.78. The average molecular weight is 217 g/mol. The summed E-state index contributed by atoms with van der Waals surface area (Å²) >= 11 is 0. The molecule has 0 aliphatic rings. The van der Waals surface area contributed by atoms with Gasteiger partial charge in [-0.2, -0.15) is 0 Å². The molecule has 0 aliphatic heterocycles. The van der Waals surface area contributed by atoms with Gasteiger partial charge in [-0.1, -0.05) is 0 Å². The number of aromatic nitrogens is 1. The molecule has 0 spiro atoms. The van der Waals surface area contributed by atoms with Crippen molar-refractivity contribution in [3.8, 4) is 11.4 Å². The van der Waals surface area contributed by atoms with Crippen molar-refractivity contribution in [1.82, 2.24) is 4.57 Å². The molecule has 0 unspecified atom stereocenters. The van der Waals surface area contributed by atoms with Crippen molar-refractivity contribution in [3.05, 3.63) is 48.3 Å². The molecule has 1 heterocycles. The molecule has 2 rings (SSSR count). The van der Waals surface area contributed by atoms with Crippen molar-refractivity contribution >= 4 is 5.97 Å². The molecular weight excluding hydrogens is 206 g/mol. The highest BCUT2D eigenvalue weighted by Gasteiger charge is 2.09. The van der Waals surface area contributed by atoms with E-state index < -0.39 is 5.97 Å². The Morgan fingerprint density at radius 1 is 1.31 bits per heavy atom. The quantitative estimate of drug-likeness (QED) is 0.782. The molecular formula is C12H11NO3. The minimum Gasteiger partial charge on any atom is -0.506 e. The lowest BCUT2D eigenvalue weighted by atomic mass is 10.2. The second-order valence-electron chi connectivity index (χ2n) is 3.29. The van der Waals surface area contributed by atoms with Gasteiger partial charge in [0.15, 0.2) is 0 Å². The molecule has 0 radical (unpaired) electrons. The Bertz CT molecular complexity index is 503. The predicted octanol–water partition coefficient (Wildman–Crippen LogP) is 1.97. The normalized spacial score (nSPS) is 10.1. The Kier molecular flexibility index (Phi) is 2.64. The van der Waals surface area contributed by atoms with Crippen molar-refractivity contribution in [3.63, 3.8) is 0 Å². The van der Waals surface area contributed by atoms with Crippen LogP contribution < -0.4 is 0 Å². The second kappa shape index (κ2) is 4.10. The van der Waals surface area contributed by atoms with Crippen molar-refractivity contribution in [1.29, 1.82) is 0 Å². The molecule has 2 aromatic rings. The first-order valence-corrected chi connectivity index (χ1v) is 4.77. The minimum atomic E-state index is -0.464. The van der Waals surface area contributed by atoms with Crippen molar-refractivity contribution in [2.45, 2.75) is 0 Å². The summed E-state index contributed by atoms with van der Waals surface area (Å²) in [5.74, 6) is -0.423. The second-order valence-corrected chi connectivity index (χ2v) is 3.29. The van der Waals surface area contributed by atoms with E-state index in [0.29, 0.717) is 11.3 Å². The number of carbonyl (C=O) groups is 1. The van der Waals surface area contributed by atoms with E-state index in [9.17, 15) is 9.90 Å². The lowest BCUT2D eigenvalue weighted by Crippen LogP contribution is -2.01. The van der Waals surface area contributed by atoms with Gasteiger partial charge >= 0.3 is 5.97 Å². The van der Waals surface area contributed by atoms with Gasteiger partial charge in [0, 0.05) is 12.4 Å². The lowest BCUT2D eigenvalue weighted by molar-refractivity contribution is 0.0600. The zero-order valence-corrected chi connectivity index (χ0v) is 8.75. The van der Waals surface area contributed by atoms with Gasteiger partial charge in [0.1, 0.15) is 5.75 Å². The summed E-state index contributed by atoms with van der Waals surface area (Å²) in [6.07, 6.45) is 3.62. The molecule has 1 N–H and O–H groups in total. The number of phenols is 1. The number of benzene rings is 1. The highest BCUT2D eigenvalue weighted by atomic mass is 16.5. The number of phenolic OH excluding ortho intramolecular Hbond substituents is 1. The topological polar surface area (TPSA) is 51.5 Å². The molecule has 82 valence electrons. The Labute approximate surface area is 92.7 Å². The molecule has 1 aromatic carbocycles. The molecule has 0 saturated carbocycles. The van der Waals surface area contributed by atoms with Crippen LogP contribution in [0.15, 0.2) is 42.7 Å². The van der Waals surface area contributed by atoms with E-state index >= 15 is 0 Å². The van der Waals surface area contributed by atoms with Gasteiger partial charge in [-0.05, 0) is 30.3 Å². The van der Waals surface area contributed by atoms with Gasteiger partial charge in [-0.3, -0.25) is 0 Å². The number of aromatic hydroxyl groups is 1. The minimum absolute atomic E-state index is 0.0408. The number of rotatable bonds is 2. The first kappa shape index (κ1) is 10.3. The maximum atomic E-state index is 11.2. The number of carbonyl (C=O) groups excluding carboxylic acids is 1. The molecule has 4 nitrogen and oxygen atoms in total. The number of hydrogen-bond donors (Lipinski definition) is 1. The Morgan fingerprint density at radius 3 is 2.56 bits per heavy atom. The predicted molar refractivity (Wildman–Crippen MR) is 58.8 cm³/mol. The van der Waals surface area contributed by atoms with Gasteiger partial charge in [0.25, 0.3) is 0 Å². The number of esters is 1. The maximum absolute atomic E-state index is 11.2. The molecule has 4 heteroatoms. The van der Waals surface area contributed by atoms with Gasteiger partial charge in [0.05, 0.1) is 18.4 Å². The zero-order chi connectivity index (χ0) is 11.5. The summed E-state index contributed by atoms with van der Waals surface area (Å²) in [7, 11) is 1.30. The molecule has 0 aliphatic carbocycles. The molecule has 0 amide bonds. The van der Waals surface area contributed by atoms with E-state index in [1.165, 1.54) is 13.2 Å². The summed E-state index contributed by atoms with van der Waals surface area (Å²) in [6.45, 7) is 0. The molecule has 0 saturated heterocycles. The molecule has 0 atom stereocenters. The monoisotopic (exact) mass is 217 g/mol. The van der Waals surface area contributed by atoms with Crippen molar-refractivity contribution < 1.29 is 14.6 Å². The van der Waals surface area contributed by atoms with Gasteiger partial charge < -0.3 is 14.4 Å². The van der Waals surface area contributed by atoms with Crippen molar-refractivity contribution in [2.24, 2.45) is 0 Å². The number of ether oxygens (including phenoxy) is 1. The van der Waals surface area contributed by atoms with Crippen molar-refractivity contribution in [2.75, 3.05) is 7.11 Å². The van der Waals surface area contributed by atoms with Gasteiger partial charge in [-0.15, -0.1) is 0 Å². The van der Waals surface area contributed by atoms with E-state index in [0.717, 1.165) is 0 Å². The highest BCUT2D eigenvalue weighted by Crippen LogP contribution is 2.23. The molecule has 0 fully saturated rings. The molecule has 1 aromatic heterocycles. The van der Waals surface area contributed by atoms with Crippen LogP contribution in [0, 0.1) is 0 Å². The number of nitrogens with zero attached hydrogens (tertiary/aromatic N) is 1. The van der Waals surface area contributed by atoms with E-state index in [1.54, 1.807) is 16.7 Å². The fraction of sp³-hybridized carbons (Fsp3) is 0.0833.